The van der Waals surface area contributed by atoms with E-state index in [2.05, 4.69) is 5.32 Å². The molecule has 3 aromatic carbocycles. The zero-order chi connectivity index (χ0) is 21.0. The summed E-state index contributed by atoms with van der Waals surface area (Å²) >= 11 is 11.8. The average molecular weight is 453 g/mol. The van der Waals surface area contributed by atoms with Gasteiger partial charge in [0.05, 0.1) is 20.6 Å². The van der Waals surface area contributed by atoms with Crippen molar-refractivity contribution in [2.24, 2.45) is 0 Å². The topological polar surface area (TPSA) is 66.5 Å². The van der Waals surface area contributed by atoms with Gasteiger partial charge < -0.3 is 5.32 Å². The Morgan fingerprint density at radius 1 is 0.931 bits per heavy atom. The molecule has 150 valence electrons. The highest BCUT2D eigenvalue weighted by molar-refractivity contribution is 7.92. The molecule has 29 heavy (non-hydrogen) atoms. The summed E-state index contributed by atoms with van der Waals surface area (Å²) in [5, 5.41) is 3.18. The van der Waals surface area contributed by atoms with Crippen molar-refractivity contribution in [1.29, 1.82) is 0 Å². The lowest BCUT2D eigenvalue weighted by Gasteiger charge is -2.24. The summed E-state index contributed by atoms with van der Waals surface area (Å²) in [6.45, 7) is -0.496. The monoisotopic (exact) mass is 452 g/mol. The van der Waals surface area contributed by atoms with Gasteiger partial charge in [0.25, 0.3) is 10.0 Å². The summed E-state index contributed by atoms with van der Waals surface area (Å²) in [6, 6.07) is 17.1. The second kappa shape index (κ2) is 8.82. The fraction of sp³-hybridized carbons (Fsp3) is 0.0500. The number of nitrogens with zero attached hydrogens (tertiary/aromatic N) is 1. The van der Waals surface area contributed by atoms with E-state index in [1.165, 1.54) is 12.1 Å². The fourth-order valence-corrected chi connectivity index (χ4v) is 4.27. The van der Waals surface area contributed by atoms with E-state index in [4.69, 9.17) is 23.2 Å². The first-order valence-electron chi connectivity index (χ1n) is 8.35. The maximum Gasteiger partial charge on any atom is 0.264 e. The molecule has 0 aliphatic rings. The predicted molar refractivity (Wildman–Crippen MR) is 112 cm³/mol. The average Bonchev–Trinajstić information content (AvgIpc) is 2.70. The standard InChI is InChI=1S/C20H15Cl2FN2O3S/c21-18-11-8-15(12-19(18)22)24-20(26)13-25(16-4-2-1-3-5-16)29(27,28)17-9-6-14(23)7-10-17/h1-12H,13H2,(H,24,26). The third kappa shape index (κ3) is 5.06. The zero-order valence-electron chi connectivity index (χ0n) is 14.8. The highest BCUT2D eigenvalue weighted by Gasteiger charge is 2.27. The van der Waals surface area contributed by atoms with Gasteiger partial charge in [0, 0.05) is 5.69 Å². The summed E-state index contributed by atoms with van der Waals surface area (Å²) in [6.07, 6.45) is 0. The maximum atomic E-state index is 13.2. The van der Waals surface area contributed by atoms with Crippen LogP contribution in [0, 0.1) is 5.82 Å². The normalized spacial score (nSPS) is 11.1. The Kier molecular flexibility index (Phi) is 6.42. The first-order chi connectivity index (χ1) is 13.8. The Morgan fingerprint density at radius 3 is 2.21 bits per heavy atom. The molecule has 0 aliphatic heterocycles. The van der Waals surface area contributed by atoms with E-state index < -0.39 is 28.3 Å². The molecule has 0 spiro atoms. The van der Waals surface area contributed by atoms with E-state index in [0.717, 1.165) is 28.6 Å². The van der Waals surface area contributed by atoms with Gasteiger partial charge in [-0.1, -0.05) is 41.4 Å². The smallest absolute Gasteiger partial charge is 0.264 e. The number of carbonyl (C=O) groups excluding carboxylic acids is 1. The predicted octanol–water partition coefficient (Wildman–Crippen LogP) is 4.97. The molecule has 0 saturated carbocycles. The van der Waals surface area contributed by atoms with Gasteiger partial charge in [0.15, 0.2) is 0 Å². The van der Waals surface area contributed by atoms with Crippen LogP contribution in [0.15, 0.2) is 77.7 Å². The van der Waals surface area contributed by atoms with Crippen molar-refractivity contribution in [3.63, 3.8) is 0 Å². The molecule has 0 unspecified atom stereocenters. The number of sulfonamides is 1. The van der Waals surface area contributed by atoms with Gasteiger partial charge in [0.2, 0.25) is 5.91 Å². The molecule has 0 aromatic heterocycles. The van der Waals surface area contributed by atoms with Crippen molar-refractivity contribution in [3.8, 4) is 0 Å². The van der Waals surface area contributed by atoms with E-state index >= 15 is 0 Å². The summed E-state index contributed by atoms with van der Waals surface area (Å²) in [5.74, 6) is -1.15. The largest absolute Gasteiger partial charge is 0.324 e. The molecule has 0 atom stereocenters. The van der Waals surface area contributed by atoms with Crippen LogP contribution in [0.2, 0.25) is 10.0 Å². The van der Waals surface area contributed by atoms with Crippen molar-refractivity contribution in [1.82, 2.24) is 0 Å². The number of amides is 1. The van der Waals surface area contributed by atoms with Crippen LogP contribution in [0.3, 0.4) is 0 Å². The quantitative estimate of drug-likeness (QED) is 0.574. The molecule has 3 rings (SSSR count). The highest BCUT2D eigenvalue weighted by atomic mass is 35.5. The number of rotatable bonds is 6. The van der Waals surface area contributed by atoms with Crippen molar-refractivity contribution in [3.05, 3.63) is 88.7 Å². The third-order valence-corrected chi connectivity index (χ3v) is 6.46. The molecule has 0 aliphatic carbocycles. The number of carbonyl (C=O) groups is 1. The van der Waals surface area contributed by atoms with E-state index in [1.807, 2.05) is 0 Å². The van der Waals surface area contributed by atoms with Gasteiger partial charge in [-0.2, -0.15) is 0 Å². The van der Waals surface area contributed by atoms with Gasteiger partial charge in [-0.05, 0) is 54.6 Å². The lowest BCUT2D eigenvalue weighted by molar-refractivity contribution is -0.114. The summed E-state index contributed by atoms with van der Waals surface area (Å²) in [5.41, 5.74) is 0.665. The Bertz CT molecular complexity index is 1120. The molecule has 1 N–H and O–H groups in total. The molecule has 9 heteroatoms. The number of halogens is 3. The van der Waals surface area contributed by atoms with E-state index in [9.17, 15) is 17.6 Å². The van der Waals surface area contributed by atoms with Gasteiger partial charge in [-0.15, -0.1) is 0 Å². The molecule has 0 radical (unpaired) electrons. The van der Waals surface area contributed by atoms with Gasteiger partial charge in [-0.25, -0.2) is 12.8 Å². The lowest BCUT2D eigenvalue weighted by atomic mass is 10.3. The van der Waals surface area contributed by atoms with Gasteiger partial charge in [0.1, 0.15) is 12.4 Å². The summed E-state index contributed by atoms with van der Waals surface area (Å²) in [7, 11) is -4.11. The Hall–Kier alpha value is -2.61. The van der Waals surface area contributed by atoms with Crippen LogP contribution >= 0.6 is 23.2 Å². The van der Waals surface area contributed by atoms with E-state index in [0.29, 0.717) is 16.4 Å². The van der Waals surface area contributed by atoms with Crippen LogP contribution in [-0.2, 0) is 14.8 Å². The maximum absolute atomic E-state index is 13.2. The Labute approximate surface area is 177 Å². The molecular formula is C20H15Cl2FN2O3S. The Morgan fingerprint density at radius 2 is 1.59 bits per heavy atom. The molecular weight excluding hydrogens is 438 g/mol. The first kappa shape index (κ1) is 21.1. The number of para-hydroxylation sites is 1. The number of benzene rings is 3. The van der Waals surface area contributed by atoms with Crippen LogP contribution in [-0.4, -0.2) is 20.9 Å². The molecule has 0 bridgehead atoms. The van der Waals surface area contributed by atoms with Crippen LogP contribution < -0.4 is 9.62 Å². The van der Waals surface area contributed by atoms with Crippen LogP contribution in [0.1, 0.15) is 0 Å². The highest BCUT2D eigenvalue weighted by Crippen LogP contribution is 2.26. The van der Waals surface area contributed by atoms with E-state index in [-0.39, 0.29) is 9.92 Å². The van der Waals surface area contributed by atoms with Crippen LogP contribution in [0.4, 0.5) is 15.8 Å². The van der Waals surface area contributed by atoms with Crippen molar-refractivity contribution in [2.75, 3.05) is 16.2 Å². The van der Waals surface area contributed by atoms with Crippen molar-refractivity contribution in [2.45, 2.75) is 4.90 Å². The minimum Gasteiger partial charge on any atom is -0.324 e. The second-order valence-corrected chi connectivity index (χ2v) is 8.65. The van der Waals surface area contributed by atoms with E-state index in [1.54, 1.807) is 36.4 Å². The molecule has 5 nitrogen and oxygen atoms in total. The lowest BCUT2D eigenvalue weighted by Crippen LogP contribution is -2.38. The Balaban J connectivity index is 1.91. The number of anilines is 2. The van der Waals surface area contributed by atoms with Gasteiger partial charge >= 0.3 is 0 Å². The fourth-order valence-electron chi connectivity index (χ4n) is 2.55. The molecule has 3 aromatic rings. The van der Waals surface area contributed by atoms with Crippen molar-refractivity contribution >= 4 is 50.5 Å². The summed E-state index contributed by atoms with van der Waals surface area (Å²) in [4.78, 5) is 12.4. The van der Waals surface area contributed by atoms with Gasteiger partial charge in [-0.3, -0.25) is 9.10 Å². The van der Waals surface area contributed by atoms with Crippen molar-refractivity contribution < 1.29 is 17.6 Å². The molecule has 1 amide bonds. The van der Waals surface area contributed by atoms with Crippen LogP contribution in [0.25, 0.3) is 0 Å². The second-order valence-electron chi connectivity index (χ2n) is 5.98. The minimum absolute atomic E-state index is 0.134. The number of hydrogen-bond acceptors (Lipinski definition) is 3. The molecule has 0 heterocycles. The SMILES string of the molecule is O=C(CN(c1ccccc1)S(=O)(=O)c1ccc(F)cc1)Nc1ccc(Cl)c(Cl)c1. The molecule has 0 saturated heterocycles. The molecule has 0 fully saturated rings. The number of hydrogen-bond donors (Lipinski definition) is 1. The zero-order valence-corrected chi connectivity index (χ0v) is 17.2. The first-order valence-corrected chi connectivity index (χ1v) is 10.6. The summed E-state index contributed by atoms with van der Waals surface area (Å²) < 4.78 is 40.4. The van der Waals surface area contributed by atoms with Crippen LogP contribution in [0.5, 0.6) is 0 Å². The number of nitrogens with one attached hydrogen (secondary N) is 1. The minimum atomic E-state index is -4.11. The third-order valence-electron chi connectivity index (χ3n) is 3.94.